The van der Waals surface area contributed by atoms with Gasteiger partial charge in [0.2, 0.25) is 0 Å². The molecule has 0 unspecified atom stereocenters. The number of benzene rings is 2. The molecule has 0 aromatic heterocycles. The van der Waals surface area contributed by atoms with Crippen LogP contribution in [-0.4, -0.2) is 33.3 Å². The van der Waals surface area contributed by atoms with Crippen molar-refractivity contribution in [3.63, 3.8) is 0 Å². The van der Waals surface area contributed by atoms with E-state index in [0.29, 0.717) is 11.3 Å². The SMILES string of the molecule is Cc1ccc(C(=O)N(C)C)cc1NS(=O)(=O)c1ccc2c(c1)CCC2. The number of aryl methyl sites for hydroxylation is 3. The highest BCUT2D eigenvalue weighted by molar-refractivity contribution is 7.92. The fourth-order valence-electron chi connectivity index (χ4n) is 3.04. The first-order valence-electron chi connectivity index (χ1n) is 8.25. The first kappa shape index (κ1) is 17.5. The molecule has 0 atom stereocenters. The van der Waals surface area contributed by atoms with Crippen LogP contribution in [0.2, 0.25) is 0 Å². The molecular weight excluding hydrogens is 336 g/mol. The fraction of sp³-hybridized carbons (Fsp3) is 0.316. The molecule has 0 saturated heterocycles. The lowest BCUT2D eigenvalue weighted by atomic mass is 10.1. The topological polar surface area (TPSA) is 66.5 Å². The largest absolute Gasteiger partial charge is 0.345 e. The van der Waals surface area contributed by atoms with Crippen molar-refractivity contribution in [1.82, 2.24) is 4.90 Å². The third-order valence-electron chi connectivity index (χ3n) is 4.52. The first-order valence-corrected chi connectivity index (χ1v) is 9.73. The van der Waals surface area contributed by atoms with Gasteiger partial charge in [-0.15, -0.1) is 0 Å². The van der Waals surface area contributed by atoms with Gasteiger partial charge in [-0.2, -0.15) is 0 Å². The zero-order chi connectivity index (χ0) is 18.2. The minimum atomic E-state index is -3.70. The fourth-order valence-corrected chi connectivity index (χ4v) is 4.21. The van der Waals surface area contributed by atoms with Gasteiger partial charge >= 0.3 is 0 Å². The smallest absolute Gasteiger partial charge is 0.261 e. The minimum absolute atomic E-state index is 0.169. The maximum Gasteiger partial charge on any atom is 0.261 e. The van der Waals surface area contributed by atoms with Crippen LogP contribution >= 0.6 is 0 Å². The van der Waals surface area contributed by atoms with Crippen molar-refractivity contribution in [3.8, 4) is 0 Å². The highest BCUT2D eigenvalue weighted by Crippen LogP contribution is 2.27. The van der Waals surface area contributed by atoms with Gasteiger partial charge in [0, 0.05) is 19.7 Å². The summed E-state index contributed by atoms with van der Waals surface area (Å²) in [6.45, 7) is 1.81. The molecule has 1 amide bonds. The maximum absolute atomic E-state index is 12.8. The van der Waals surface area contributed by atoms with Crippen molar-refractivity contribution in [2.75, 3.05) is 18.8 Å². The summed E-state index contributed by atoms with van der Waals surface area (Å²) in [6.07, 6.45) is 3.00. The summed E-state index contributed by atoms with van der Waals surface area (Å²) in [4.78, 5) is 13.8. The number of hydrogen-bond donors (Lipinski definition) is 1. The molecule has 1 N–H and O–H groups in total. The van der Waals surface area contributed by atoms with Gasteiger partial charge in [0.25, 0.3) is 15.9 Å². The van der Waals surface area contributed by atoms with Gasteiger partial charge in [0.05, 0.1) is 10.6 Å². The molecule has 2 aromatic rings. The molecular formula is C19H22N2O3S. The van der Waals surface area contributed by atoms with Gasteiger partial charge in [-0.05, 0) is 67.1 Å². The Bertz CT molecular complexity index is 934. The zero-order valence-electron chi connectivity index (χ0n) is 14.7. The van der Waals surface area contributed by atoms with Crippen molar-refractivity contribution in [3.05, 3.63) is 58.7 Å². The Balaban J connectivity index is 1.93. The third-order valence-corrected chi connectivity index (χ3v) is 5.88. The predicted molar refractivity (Wildman–Crippen MR) is 98.5 cm³/mol. The van der Waals surface area contributed by atoms with Crippen LogP contribution in [0.3, 0.4) is 0 Å². The Hall–Kier alpha value is -2.34. The summed E-state index contributed by atoms with van der Waals surface area (Å²) in [5, 5.41) is 0. The van der Waals surface area contributed by atoms with Crippen molar-refractivity contribution < 1.29 is 13.2 Å². The number of fused-ring (bicyclic) bond motifs is 1. The number of carbonyl (C=O) groups excluding carboxylic acids is 1. The van der Waals surface area contributed by atoms with Crippen molar-refractivity contribution in [2.24, 2.45) is 0 Å². The lowest BCUT2D eigenvalue weighted by molar-refractivity contribution is 0.0827. The van der Waals surface area contributed by atoms with E-state index >= 15 is 0 Å². The Kier molecular flexibility index (Phi) is 4.56. The van der Waals surface area contributed by atoms with Gasteiger partial charge < -0.3 is 4.90 Å². The quantitative estimate of drug-likeness (QED) is 0.914. The predicted octanol–water partition coefficient (Wildman–Crippen LogP) is 2.99. The molecule has 6 heteroatoms. The molecule has 1 aliphatic carbocycles. The maximum atomic E-state index is 12.8. The van der Waals surface area contributed by atoms with Gasteiger partial charge in [0.15, 0.2) is 0 Å². The Labute approximate surface area is 148 Å². The highest BCUT2D eigenvalue weighted by Gasteiger charge is 2.20. The molecule has 5 nitrogen and oxygen atoms in total. The van der Waals surface area contributed by atoms with Gasteiger partial charge in [-0.3, -0.25) is 9.52 Å². The molecule has 0 bridgehead atoms. The van der Waals surface area contributed by atoms with Gasteiger partial charge in [0.1, 0.15) is 0 Å². The molecule has 0 radical (unpaired) electrons. The van der Waals surface area contributed by atoms with E-state index < -0.39 is 10.0 Å². The third kappa shape index (κ3) is 3.54. The Morgan fingerprint density at radius 2 is 1.76 bits per heavy atom. The highest BCUT2D eigenvalue weighted by atomic mass is 32.2. The molecule has 132 valence electrons. The lowest BCUT2D eigenvalue weighted by Crippen LogP contribution is -2.22. The first-order chi connectivity index (χ1) is 11.8. The van der Waals surface area contributed by atoms with E-state index in [1.165, 1.54) is 10.5 Å². The van der Waals surface area contributed by atoms with E-state index in [1.807, 2.05) is 13.0 Å². The van der Waals surface area contributed by atoms with E-state index in [-0.39, 0.29) is 10.8 Å². The Morgan fingerprint density at radius 3 is 2.48 bits per heavy atom. The van der Waals surface area contributed by atoms with E-state index in [1.54, 1.807) is 44.4 Å². The molecule has 0 saturated carbocycles. The summed E-state index contributed by atoms with van der Waals surface area (Å²) in [6, 6.07) is 10.3. The number of hydrogen-bond acceptors (Lipinski definition) is 3. The Morgan fingerprint density at radius 1 is 1.04 bits per heavy atom. The van der Waals surface area contributed by atoms with Crippen LogP contribution in [0.5, 0.6) is 0 Å². The van der Waals surface area contributed by atoms with Crippen LogP contribution < -0.4 is 4.72 Å². The van der Waals surface area contributed by atoms with Crippen molar-refractivity contribution in [2.45, 2.75) is 31.1 Å². The second kappa shape index (κ2) is 6.52. The molecule has 1 aliphatic rings. The molecule has 2 aromatic carbocycles. The number of rotatable bonds is 4. The lowest BCUT2D eigenvalue weighted by Gasteiger charge is -2.15. The number of amides is 1. The molecule has 0 spiro atoms. The van der Waals surface area contributed by atoms with Crippen LogP contribution in [0.1, 0.15) is 33.5 Å². The molecule has 0 heterocycles. The number of carbonyl (C=O) groups is 1. The second-order valence-electron chi connectivity index (χ2n) is 6.62. The van der Waals surface area contributed by atoms with E-state index in [0.717, 1.165) is 30.4 Å². The normalized spacial score (nSPS) is 13.4. The van der Waals surface area contributed by atoms with Crippen LogP contribution in [0.4, 0.5) is 5.69 Å². The molecule has 0 aliphatic heterocycles. The minimum Gasteiger partial charge on any atom is -0.345 e. The summed E-state index contributed by atoms with van der Waals surface area (Å²) in [5.41, 5.74) is 3.97. The summed E-state index contributed by atoms with van der Waals surface area (Å²) in [7, 11) is -0.368. The van der Waals surface area contributed by atoms with Gasteiger partial charge in [-0.1, -0.05) is 12.1 Å². The van der Waals surface area contributed by atoms with Crippen LogP contribution in [-0.2, 0) is 22.9 Å². The monoisotopic (exact) mass is 358 g/mol. The summed E-state index contributed by atoms with van der Waals surface area (Å²) in [5.74, 6) is -0.169. The number of sulfonamides is 1. The second-order valence-corrected chi connectivity index (χ2v) is 8.30. The molecule has 25 heavy (non-hydrogen) atoms. The average Bonchev–Trinajstić information content (AvgIpc) is 3.03. The van der Waals surface area contributed by atoms with Gasteiger partial charge in [-0.25, -0.2) is 8.42 Å². The standard InChI is InChI=1S/C19H22N2O3S/c1-13-7-8-16(19(22)21(2)3)12-18(13)20-25(23,24)17-10-9-14-5-4-6-15(14)11-17/h7-12,20H,4-6H2,1-3H3. The van der Waals surface area contributed by atoms with E-state index in [2.05, 4.69) is 4.72 Å². The summed E-state index contributed by atoms with van der Waals surface area (Å²) >= 11 is 0. The van der Waals surface area contributed by atoms with E-state index in [4.69, 9.17) is 0 Å². The van der Waals surface area contributed by atoms with Crippen LogP contribution in [0.15, 0.2) is 41.3 Å². The average molecular weight is 358 g/mol. The van der Waals surface area contributed by atoms with Crippen molar-refractivity contribution >= 4 is 21.6 Å². The van der Waals surface area contributed by atoms with E-state index in [9.17, 15) is 13.2 Å². The molecule has 3 rings (SSSR count). The van der Waals surface area contributed by atoms with Crippen molar-refractivity contribution in [1.29, 1.82) is 0 Å². The number of nitrogens with zero attached hydrogens (tertiary/aromatic N) is 1. The van der Waals surface area contributed by atoms with Crippen LogP contribution in [0, 0.1) is 6.92 Å². The molecule has 0 fully saturated rings. The zero-order valence-corrected chi connectivity index (χ0v) is 15.5. The number of nitrogens with one attached hydrogen (secondary N) is 1. The van der Waals surface area contributed by atoms with Crippen LogP contribution in [0.25, 0.3) is 0 Å². The number of anilines is 1. The summed E-state index contributed by atoms with van der Waals surface area (Å²) < 4.78 is 28.2.